The number of anilines is 1. The van der Waals surface area contributed by atoms with E-state index in [1.807, 2.05) is 50.2 Å². The van der Waals surface area contributed by atoms with Crippen LogP contribution in [0.1, 0.15) is 40.0 Å². The van der Waals surface area contributed by atoms with Crippen LogP contribution in [0.15, 0.2) is 84.3 Å². The van der Waals surface area contributed by atoms with Crippen LogP contribution < -0.4 is 10.0 Å². The van der Waals surface area contributed by atoms with Gasteiger partial charge in [-0.2, -0.15) is 0 Å². The molecule has 0 fully saturated rings. The first-order valence-electron chi connectivity index (χ1n) is 11.1. The number of likely N-dealkylation sites (N-methyl/N-ethyl adjacent to an activating group) is 1. The average molecular weight is 492 g/mol. The van der Waals surface area contributed by atoms with Gasteiger partial charge in [0.1, 0.15) is 0 Å². The molecule has 3 aromatic carbocycles. The maximum absolute atomic E-state index is 12.7. The molecule has 0 aliphatic rings. The Balaban J connectivity index is 1.59. The highest BCUT2D eigenvalue weighted by Crippen LogP contribution is 2.22. The number of aryl methyl sites for hydroxylation is 1. The van der Waals surface area contributed by atoms with Crippen molar-refractivity contribution in [1.82, 2.24) is 9.62 Å². The van der Waals surface area contributed by atoms with Crippen molar-refractivity contribution >= 4 is 33.6 Å². The summed E-state index contributed by atoms with van der Waals surface area (Å²) < 4.78 is 26.9. The van der Waals surface area contributed by atoms with Gasteiger partial charge < -0.3 is 10.2 Å². The van der Waals surface area contributed by atoms with E-state index in [0.29, 0.717) is 11.3 Å². The van der Waals surface area contributed by atoms with Gasteiger partial charge in [-0.05, 0) is 55.3 Å². The fourth-order valence-electron chi connectivity index (χ4n) is 3.29. The summed E-state index contributed by atoms with van der Waals surface area (Å²) in [4.78, 5) is 26.6. The molecular formula is C27H29N3O4S. The number of benzene rings is 3. The first-order valence-corrected chi connectivity index (χ1v) is 12.7. The van der Waals surface area contributed by atoms with Crippen LogP contribution in [-0.4, -0.2) is 38.7 Å². The van der Waals surface area contributed by atoms with Crippen molar-refractivity contribution in [2.75, 3.05) is 18.9 Å². The number of carbonyl (C=O) groups excluding carboxylic acids is 2. The molecule has 182 valence electrons. The topological polar surface area (TPSA) is 95.6 Å². The van der Waals surface area contributed by atoms with Gasteiger partial charge in [-0.1, -0.05) is 60.2 Å². The van der Waals surface area contributed by atoms with Gasteiger partial charge in [0, 0.05) is 23.7 Å². The maximum atomic E-state index is 12.7. The van der Waals surface area contributed by atoms with Crippen LogP contribution in [0.4, 0.5) is 5.69 Å². The van der Waals surface area contributed by atoms with Crippen molar-refractivity contribution in [2.24, 2.45) is 0 Å². The number of hydrogen-bond acceptors (Lipinski definition) is 4. The van der Waals surface area contributed by atoms with Gasteiger partial charge in [0.05, 0.1) is 12.6 Å². The Morgan fingerprint density at radius 3 is 2.34 bits per heavy atom. The lowest BCUT2D eigenvalue weighted by Crippen LogP contribution is -2.38. The number of nitrogens with one attached hydrogen (secondary N) is 2. The smallest absolute Gasteiger partial charge is 0.255 e. The molecule has 1 unspecified atom stereocenters. The van der Waals surface area contributed by atoms with E-state index in [9.17, 15) is 18.0 Å². The lowest BCUT2D eigenvalue weighted by Gasteiger charge is -2.26. The summed E-state index contributed by atoms with van der Waals surface area (Å²) >= 11 is 0. The fourth-order valence-corrected chi connectivity index (χ4v) is 4.05. The number of hydrogen-bond donors (Lipinski definition) is 2. The predicted octanol–water partition coefficient (Wildman–Crippen LogP) is 4.36. The van der Waals surface area contributed by atoms with Crippen molar-refractivity contribution in [3.05, 3.63) is 107 Å². The third-order valence-electron chi connectivity index (χ3n) is 5.58. The molecule has 0 aliphatic heterocycles. The van der Waals surface area contributed by atoms with Crippen molar-refractivity contribution < 1.29 is 18.0 Å². The zero-order valence-electron chi connectivity index (χ0n) is 19.9. The van der Waals surface area contributed by atoms with Crippen molar-refractivity contribution in [2.45, 2.75) is 19.9 Å². The van der Waals surface area contributed by atoms with E-state index in [0.717, 1.165) is 22.1 Å². The van der Waals surface area contributed by atoms with E-state index in [1.165, 1.54) is 11.0 Å². The van der Waals surface area contributed by atoms with E-state index in [4.69, 9.17) is 0 Å². The molecule has 0 saturated heterocycles. The van der Waals surface area contributed by atoms with Gasteiger partial charge in [0.15, 0.2) is 0 Å². The maximum Gasteiger partial charge on any atom is 0.255 e. The predicted molar refractivity (Wildman–Crippen MR) is 139 cm³/mol. The van der Waals surface area contributed by atoms with Crippen LogP contribution >= 0.6 is 0 Å². The summed E-state index contributed by atoms with van der Waals surface area (Å²) in [6, 6.07) is 23.2. The Hall–Kier alpha value is -3.75. The second-order valence-corrected chi connectivity index (χ2v) is 9.86. The summed E-state index contributed by atoms with van der Waals surface area (Å²) in [7, 11) is -2.17. The molecule has 3 aromatic rings. The molecule has 0 aromatic heterocycles. The molecule has 0 aliphatic carbocycles. The van der Waals surface area contributed by atoms with E-state index in [2.05, 4.69) is 10.0 Å². The van der Waals surface area contributed by atoms with Crippen molar-refractivity contribution in [3.63, 3.8) is 0 Å². The van der Waals surface area contributed by atoms with Gasteiger partial charge in [0.2, 0.25) is 15.9 Å². The van der Waals surface area contributed by atoms with E-state index in [-0.39, 0.29) is 24.4 Å². The number of sulfonamides is 1. The van der Waals surface area contributed by atoms with E-state index >= 15 is 0 Å². The SMILES string of the molecule is Cc1ccc(/C=C/S(=O)(=O)NCC(=O)N(C)C(C)c2cccc(NC(=O)c3ccccc3)c2)cc1. The third kappa shape index (κ3) is 7.63. The minimum Gasteiger partial charge on any atom is -0.338 e. The highest BCUT2D eigenvalue weighted by atomic mass is 32.2. The van der Waals surface area contributed by atoms with Gasteiger partial charge >= 0.3 is 0 Å². The zero-order chi connectivity index (χ0) is 25.4. The summed E-state index contributed by atoms with van der Waals surface area (Å²) in [5.41, 5.74) is 3.77. The van der Waals surface area contributed by atoms with Crippen molar-refractivity contribution in [1.29, 1.82) is 0 Å². The Morgan fingerprint density at radius 1 is 0.971 bits per heavy atom. The van der Waals surface area contributed by atoms with Crippen LogP contribution in [0.25, 0.3) is 6.08 Å². The standard InChI is InChI=1S/C27H29N3O4S/c1-20-12-14-22(15-13-20)16-17-35(33,34)28-19-26(31)30(3)21(2)24-10-7-11-25(18-24)29-27(32)23-8-5-4-6-9-23/h4-18,21,28H,19H2,1-3H3,(H,29,32)/b17-16+. The second-order valence-electron chi connectivity index (χ2n) is 8.21. The molecule has 2 amide bonds. The van der Waals surface area contributed by atoms with Gasteiger partial charge in [-0.25, -0.2) is 13.1 Å². The van der Waals surface area contributed by atoms with Crippen LogP contribution in [-0.2, 0) is 14.8 Å². The Morgan fingerprint density at radius 2 is 1.66 bits per heavy atom. The summed E-state index contributed by atoms with van der Waals surface area (Å²) in [5.74, 6) is -0.614. The molecule has 0 radical (unpaired) electrons. The Kier molecular flexibility index (Phi) is 8.57. The van der Waals surface area contributed by atoms with E-state index < -0.39 is 10.0 Å². The fraction of sp³-hybridized carbons (Fsp3) is 0.185. The van der Waals surface area contributed by atoms with Gasteiger partial charge in [-0.15, -0.1) is 0 Å². The molecule has 0 saturated carbocycles. The molecule has 35 heavy (non-hydrogen) atoms. The zero-order valence-corrected chi connectivity index (χ0v) is 20.7. The van der Waals surface area contributed by atoms with Crippen LogP contribution in [0.3, 0.4) is 0 Å². The molecule has 1 atom stereocenters. The Bertz CT molecular complexity index is 1300. The number of rotatable bonds is 9. The molecule has 0 bridgehead atoms. The number of nitrogens with zero attached hydrogens (tertiary/aromatic N) is 1. The number of carbonyl (C=O) groups is 2. The highest BCUT2D eigenvalue weighted by Gasteiger charge is 2.19. The summed E-state index contributed by atoms with van der Waals surface area (Å²) in [6.45, 7) is 3.42. The van der Waals surface area contributed by atoms with Crippen molar-refractivity contribution in [3.8, 4) is 0 Å². The lowest BCUT2D eigenvalue weighted by molar-refractivity contribution is -0.130. The van der Waals surface area contributed by atoms with Gasteiger partial charge in [-0.3, -0.25) is 9.59 Å². The normalized spacial score (nSPS) is 12.3. The second kappa shape index (κ2) is 11.6. The third-order valence-corrected chi connectivity index (χ3v) is 6.62. The minimum absolute atomic E-state index is 0.229. The number of amides is 2. The molecular weight excluding hydrogens is 462 g/mol. The monoisotopic (exact) mass is 491 g/mol. The van der Waals surface area contributed by atoms with Crippen LogP contribution in [0.5, 0.6) is 0 Å². The summed E-state index contributed by atoms with van der Waals surface area (Å²) in [6.07, 6.45) is 1.48. The average Bonchev–Trinajstić information content (AvgIpc) is 2.87. The van der Waals surface area contributed by atoms with E-state index in [1.54, 1.807) is 49.5 Å². The Labute approximate surface area is 206 Å². The molecule has 0 heterocycles. The molecule has 7 nitrogen and oxygen atoms in total. The quantitative estimate of drug-likeness (QED) is 0.465. The summed E-state index contributed by atoms with van der Waals surface area (Å²) in [5, 5.41) is 3.90. The first kappa shape index (κ1) is 25.9. The molecule has 3 rings (SSSR count). The van der Waals surface area contributed by atoms with Crippen LogP contribution in [0, 0.1) is 6.92 Å². The lowest BCUT2D eigenvalue weighted by atomic mass is 10.1. The van der Waals surface area contributed by atoms with Crippen LogP contribution in [0.2, 0.25) is 0 Å². The largest absolute Gasteiger partial charge is 0.338 e. The molecule has 2 N–H and O–H groups in total. The molecule has 0 spiro atoms. The first-order chi connectivity index (χ1) is 16.6. The highest BCUT2D eigenvalue weighted by molar-refractivity contribution is 7.92. The minimum atomic E-state index is -3.78. The van der Waals surface area contributed by atoms with Gasteiger partial charge in [0.25, 0.3) is 5.91 Å². The molecule has 8 heteroatoms.